The fourth-order valence-corrected chi connectivity index (χ4v) is 6.54. The summed E-state index contributed by atoms with van der Waals surface area (Å²) in [4.78, 5) is 0. The van der Waals surface area contributed by atoms with E-state index in [2.05, 4.69) is 0 Å². The van der Waals surface area contributed by atoms with Gasteiger partial charge in [0.05, 0.1) is 0 Å². The lowest BCUT2D eigenvalue weighted by Crippen LogP contribution is -2.72. The van der Waals surface area contributed by atoms with Crippen molar-refractivity contribution in [3.05, 3.63) is 0 Å². The highest BCUT2D eigenvalue weighted by Crippen LogP contribution is 2.77. The maximum absolute atomic E-state index is 10.9. The smallest absolute Gasteiger partial charge is 0.160 e. The van der Waals surface area contributed by atoms with Gasteiger partial charge in [-0.2, -0.15) is 0 Å². The predicted octanol–water partition coefficient (Wildman–Crippen LogP) is 0.387. The molecule has 5 rings (SSSR count). The Bertz CT molecular complexity index is 492. The lowest BCUT2D eigenvalue weighted by Gasteiger charge is -2.45. The normalized spacial score (nSPS) is 54.5. The van der Waals surface area contributed by atoms with Crippen LogP contribution in [0.5, 0.6) is 0 Å². The zero-order valence-electron chi connectivity index (χ0n) is 14.0. The maximum atomic E-state index is 10.9. The summed E-state index contributed by atoms with van der Waals surface area (Å²) < 4.78 is 12.5. The molecule has 2 saturated heterocycles. The number of aliphatic hydroxyl groups excluding tert-OH is 4. The van der Waals surface area contributed by atoms with Crippen LogP contribution in [-0.4, -0.2) is 67.2 Å². The minimum absolute atomic E-state index is 0.520. The molecule has 0 radical (unpaired) electrons. The third-order valence-corrected chi connectivity index (χ3v) is 7.69. The largest absolute Gasteiger partial charge is 0.387 e. The van der Waals surface area contributed by atoms with Crippen molar-refractivity contribution in [2.45, 2.75) is 111 Å². The van der Waals surface area contributed by atoms with E-state index in [4.69, 9.17) is 9.47 Å². The maximum Gasteiger partial charge on any atom is 0.160 e. The van der Waals surface area contributed by atoms with E-state index in [1.807, 2.05) is 0 Å². The van der Waals surface area contributed by atoms with Gasteiger partial charge in [0.15, 0.2) is 11.2 Å². The molecule has 0 aromatic carbocycles. The van der Waals surface area contributed by atoms with Gasteiger partial charge in [0.2, 0.25) is 0 Å². The zero-order chi connectivity index (χ0) is 16.8. The van der Waals surface area contributed by atoms with Gasteiger partial charge in [0, 0.05) is 0 Å². The Kier molecular flexibility index (Phi) is 3.14. The molecule has 5 fully saturated rings. The van der Waals surface area contributed by atoms with Crippen molar-refractivity contribution in [3.8, 4) is 0 Å². The average molecular weight is 340 g/mol. The topological polar surface area (TPSA) is 106 Å². The number of epoxide rings is 2. The average Bonchev–Trinajstić information content (AvgIpc) is 3.46. The summed E-state index contributed by atoms with van der Waals surface area (Å²) >= 11 is 0. The summed E-state index contributed by atoms with van der Waals surface area (Å²) in [5, 5.41) is 42.6. The molecule has 0 aromatic heterocycles. The molecule has 5 aliphatic rings. The Balaban J connectivity index is 1.60. The number of rotatable bonds is 0. The molecule has 2 aliphatic heterocycles. The Morgan fingerprint density at radius 2 is 0.875 bits per heavy atom. The summed E-state index contributed by atoms with van der Waals surface area (Å²) in [5.74, 6) is 0. The molecule has 6 heteroatoms. The highest BCUT2D eigenvalue weighted by atomic mass is 16.7. The fourth-order valence-electron chi connectivity index (χ4n) is 6.54. The van der Waals surface area contributed by atoms with E-state index < -0.39 is 46.8 Å². The van der Waals surface area contributed by atoms with Crippen molar-refractivity contribution < 1.29 is 29.9 Å². The minimum atomic E-state index is -1.41. The van der Waals surface area contributed by atoms with Gasteiger partial charge in [0.1, 0.15) is 35.6 Å². The first-order chi connectivity index (χ1) is 11.5. The van der Waals surface area contributed by atoms with Crippen molar-refractivity contribution in [1.29, 1.82) is 0 Å². The second kappa shape index (κ2) is 4.72. The van der Waals surface area contributed by atoms with Crippen LogP contribution < -0.4 is 0 Å². The predicted molar refractivity (Wildman–Crippen MR) is 83.3 cm³/mol. The molecule has 0 unspecified atom stereocenters. The molecule has 3 saturated carbocycles. The number of hydrogen-bond acceptors (Lipinski definition) is 6. The molecule has 24 heavy (non-hydrogen) atoms. The molecular weight excluding hydrogens is 312 g/mol. The first kappa shape index (κ1) is 16.0. The number of fused-ring (bicyclic) bond motifs is 3. The molecule has 0 bridgehead atoms. The lowest BCUT2D eigenvalue weighted by molar-refractivity contribution is -0.197. The van der Waals surface area contributed by atoms with Gasteiger partial charge in [-0.3, -0.25) is 0 Å². The van der Waals surface area contributed by atoms with Crippen LogP contribution in [-0.2, 0) is 9.47 Å². The number of hydrogen-bond donors (Lipinski definition) is 4. The Morgan fingerprint density at radius 3 is 1.21 bits per heavy atom. The van der Waals surface area contributed by atoms with Gasteiger partial charge in [-0.05, 0) is 25.7 Å². The van der Waals surface area contributed by atoms with Crippen LogP contribution in [0.25, 0.3) is 0 Å². The summed E-state index contributed by atoms with van der Waals surface area (Å²) in [7, 11) is 0. The Labute approximate surface area is 141 Å². The van der Waals surface area contributed by atoms with Crippen molar-refractivity contribution >= 4 is 0 Å². The van der Waals surface area contributed by atoms with E-state index >= 15 is 0 Å². The molecule has 6 nitrogen and oxygen atoms in total. The van der Waals surface area contributed by atoms with Gasteiger partial charge < -0.3 is 29.9 Å². The van der Waals surface area contributed by atoms with E-state index in [0.717, 1.165) is 64.2 Å². The zero-order valence-corrected chi connectivity index (χ0v) is 14.0. The summed E-state index contributed by atoms with van der Waals surface area (Å²) in [6.45, 7) is 0. The van der Waals surface area contributed by atoms with Crippen molar-refractivity contribution in [2.24, 2.45) is 0 Å². The van der Waals surface area contributed by atoms with E-state index in [1.165, 1.54) is 0 Å². The summed E-state index contributed by atoms with van der Waals surface area (Å²) in [5.41, 5.74) is -3.19. The number of ether oxygens (including phenoxy) is 2. The van der Waals surface area contributed by atoms with Crippen LogP contribution in [0, 0.1) is 0 Å². The second-order valence-electron chi connectivity index (χ2n) is 8.66. The van der Waals surface area contributed by atoms with Gasteiger partial charge in [-0.25, -0.2) is 0 Å². The molecule has 4 N–H and O–H groups in total. The number of aliphatic hydroxyl groups is 4. The molecule has 2 heterocycles. The quantitative estimate of drug-likeness (QED) is 0.475. The molecule has 4 spiro atoms. The SMILES string of the molecule is O[C@@H]1[C@@H](O)[C@H](O)[C@@]2(OC23CCCCC3)[C@@]2(OC23CCCCC3)[C@H]1O. The molecule has 0 amide bonds. The van der Waals surface area contributed by atoms with Crippen LogP contribution in [0.2, 0.25) is 0 Å². The fraction of sp³-hybridized carbons (Fsp3) is 1.00. The standard InChI is InChI=1S/C18H28O6/c19-11-12(20)14(22)18(16(24-18)9-5-2-6-10-16)17(13(11)21)15(23-17)7-3-1-4-8-15/h11-14,19-22H,1-10H2/t11-,12-,13+,14+,17-,18+/m1/s1. The lowest BCUT2D eigenvalue weighted by atomic mass is 9.58. The van der Waals surface area contributed by atoms with Gasteiger partial charge in [-0.1, -0.05) is 38.5 Å². The monoisotopic (exact) mass is 340 g/mol. The van der Waals surface area contributed by atoms with E-state index in [1.54, 1.807) is 0 Å². The first-order valence-electron chi connectivity index (χ1n) is 9.59. The van der Waals surface area contributed by atoms with E-state index in [9.17, 15) is 20.4 Å². The third-order valence-electron chi connectivity index (χ3n) is 7.69. The molecule has 0 aromatic rings. The van der Waals surface area contributed by atoms with Crippen molar-refractivity contribution in [1.82, 2.24) is 0 Å². The third kappa shape index (κ3) is 1.51. The second-order valence-corrected chi connectivity index (χ2v) is 8.66. The van der Waals surface area contributed by atoms with E-state index in [0.29, 0.717) is 0 Å². The Morgan fingerprint density at radius 1 is 0.542 bits per heavy atom. The van der Waals surface area contributed by atoms with Crippen molar-refractivity contribution in [3.63, 3.8) is 0 Å². The van der Waals surface area contributed by atoms with Crippen LogP contribution >= 0.6 is 0 Å². The van der Waals surface area contributed by atoms with E-state index in [-0.39, 0.29) is 0 Å². The van der Waals surface area contributed by atoms with Gasteiger partial charge in [0.25, 0.3) is 0 Å². The van der Waals surface area contributed by atoms with Crippen LogP contribution in [0.4, 0.5) is 0 Å². The molecule has 3 aliphatic carbocycles. The molecular formula is C18H28O6. The minimum Gasteiger partial charge on any atom is -0.387 e. The van der Waals surface area contributed by atoms with Gasteiger partial charge >= 0.3 is 0 Å². The highest BCUT2D eigenvalue weighted by Gasteiger charge is 2.97. The van der Waals surface area contributed by atoms with Crippen LogP contribution in [0.15, 0.2) is 0 Å². The van der Waals surface area contributed by atoms with Gasteiger partial charge in [-0.15, -0.1) is 0 Å². The van der Waals surface area contributed by atoms with Crippen LogP contribution in [0.1, 0.15) is 64.2 Å². The molecule has 136 valence electrons. The highest BCUT2D eigenvalue weighted by molar-refractivity contribution is 5.44. The summed E-state index contributed by atoms with van der Waals surface area (Å²) in [6.07, 6.45) is 4.38. The van der Waals surface area contributed by atoms with Crippen molar-refractivity contribution in [2.75, 3.05) is 0 Å². The first-order valence-corrected chi connectivity index (χ1v) is 9.59. The Hall–Kier alpha value is -0.240. The molecule has 6 atom stereocenters. The summed E-state index contributed by atoms with van der Waals surface area (Å²) in [6, 6.07) is 0. The van der Waals surface area contributed by atoms with Crippen LogP contribution in [0.3, 0.4) is 0 Å².